The second kappa shape index (κ2) is 10.8. The summed E-state index contributed by atoms with van der Waals surface area (Å²) in [5.41, 5.74) is 0.758. The second-order valence-electron chi connectivity index (χ2n) is 9.30. The van der Waals surface area contributed by atoms with E-state index in [1.807, 2.05) is 26.8 Å². The quantitative estimate of drug-likeness (QED) is 0.522. The summed E-state index contributed by atoms with van der Waals surface area (Å²) in [5, 5.41) is 13.9. The molecule has 0 bridgehead atoms. The minimum atomic E-state index is -1.02. The van der Waals surface area contributed by atoms with Crippen molar-refractivity contribution in [2.75, 3.05) is 32.1 Å². The number of carbonyl (C=O) groups is 2. The number of anilines is 1. The zero-order chi connectivity index (χ0) is 25.0. The molecule has 34 heavy (non-hydrogen) atoms. The van der Waals surface area contributed by atoms with Gasteiger partial charge in [0.25, 0.3) is 0 Å². The molecule has 1 aromatic carbocycles. The van der Waals surface area contributed by atoms with E-state index in [2.05, 4.69) is 10.3 Å². The highest BCUT2D eigenvalue weighted by atomic mass is 35.5. The number of hydrogen-bond donors (Lipinski definition) is 2. The Morgan fingerprint density at radius 3 is 2.59 bits per heavy atom. The highest BCUT2D eigenvalue weighted by Crippen LogP contribution is 2.38. The highest BCUT2D eigenvalue weighted by molar-refractivity contribution is 6.42. The topological polar surface area (TPSA) is 101 Å². The molecule has 0 radical (unpaired) electrons. The van der Waals surface area contributed by atoms with Crippen LogP contribution in [0.15, 0.2) is 36.5 Å². The van der Waals surface area contributed by atoms with Crippen molar-refractivity contribution in [3.05, 3.63) is 57.7 Å². The third kappa shape index (κ3) is 6.11. The molecule has 0 spiro atoms. The Kier molecular flexibility index (Phi) is 8.28. The van der Waals surface area contributed by atoms with Gasteiger partial charge in [-0.1, -0.05) is 50.0 Å². The highest BCUT2D eigenvalue weighted by Gasteiger charge is 2.40. The molecule has 184 valence electrons. The van der Waals surface area contributed by atoms with Crippen LogP contribution in [0.2, 0.25) is 10.0 Å². The number of methoxy groups -OCH3 is 1. The number of benzene rings is 1. The van der Waals surface area contributed by atoms with Gasteiger partial charge in [0.05, 0.1) is 35.9 Å². The van der Waals surface area contributed by atoms with E-state index < -0.39 is 18.2 Å². The number of amides is 1. The SMILES string of the molecule is COC(=O)c1cccnc1NC[C@@H]1CN(C(=O)O)CC(C(C)(C)C)O[C@H]1c1ccc(Cl)c(Cl)c1. The van der Waals surface area contributed by atoms with Gasteiger partial charge in [0, 0.05) is 25.2 Å². The molecule has 1 fully saturated rings. The van der Waals surface area contributed by atoms with Gasteiger partial charge < -0.3 is 24.8 Å². The standard InChI is InChI=1S/C24H29Cl2N3O5/c1-24(2,3)19-13-29(23(31)32)12-15(20(34-19)14-7-8-17(25)18(26)10-14)11-28-21-16(22(30)33-4)6-5-9-27-21/h5-10,15,19-20H,11-13H2,1-4H3,(H,27,28)(H,31,32)/t15-,19?,20+/m1/s1. The largest absolute Gasteiger partial charge is 0.465 e. The fourth-order valence-electron chi connectivity index (χ4n) is 3.88. The lowest BCUT2D eigenvalue weighted by atomic mass is 9.88. The number of pyridine rings is 1. The van der Waals surface area contributed by atoms with Gasteiger partial charge >= 0.3 is 12.1 Å². The van der Waals surface area contributed by atoms with Crippen molar-refractivity contribution in [1.29, 1.82) is 0 Å². The Morgan fingerprint density at radius 2 is 1.97 bits per heavy atom. The van der Waals surface area contributed by atoms with Crippen molar-refractivity contribution < 1.29 is 24.2 Å². The van der Waals surface area contributed by atoms with E-state index >= 15 is 0 Å². The van der Waals surface area contributed by atoms with Crippen LogP contribution in [0.1, 0.15) is 42.8 Å². The number of ether oxygens (including phenoxy) is 2. The third-order valence-corrected chi connectivity index (χ3v) is 6.57. The molecule has 1 amide bonds. The maximum Gasteiger partial charge on any atom is 0.407 e. The van der Waals surface area contributed by atoms with E-state index in [4.69, 9.17) is 32.7 Å². The molecule has 2 heterocycles. The molecule has 1 aliphatic heterocycles. The number of nitrogens with zero attached hydrogens (tertiary/aromatic N) is 2. The lowest BCUT2D eigenvalue weighted by Crippen LogP contribution is -2.42. The molecular weight excluding hydrogens is 481 g/mol. The summed E-state index contributed by atoms with van der Waals surface area (Å²) in [6.45, 7) is 6.76. The number of esters is 1. The first kappa shape index (κ1) is 26.1. The third-order valence-electron chi connectivity index (χ3n) is 5.83. The van der Waals surface area contributed by atoms with E-state index in [-0.39, 0.29) is 42.6 Å². The Bertz CT molecular complexity index is 1040. The Balaban J connectivity index is 1.98. The molecule has 1 aliphatic rings. The summed E-state index contributed by atoms with van der Waals surface area (Å²) >= 11 is 12.4. The number of aromatic nitrogens is 1. The molecule has 0 aliphatic carbocycles. The first-order valence-electron chi connectivity index (χ1n) is 10.9. The van der Waals surface area contributed by atoms with Crippen LogP contribution in [0.25, 0.3) is 0 Å². The van der Waals surface area contributed by atoms with Gasteiger partial charge in [-0.2, -0.15) is 0 Å². The van der Waals surface area contributed by atoms with Gasteiger partial charge in [-0.05, 0) is 35.2 Å². The van der Waals surface area contributed by atoms with Crippen molar-refractivity contribution in [1.82, 2.24) is 9.88 Å². The first-order chi connectivity index (χ1) is 16.0. The summed E-state index contributed by atoms with van der Waals surface area (Å²) in [6.07, 6.45) is -0.311. The molecule has 10 heteroatoms. The number of nitrogens with one attached hydrogen (secondary N) is 1. The normalized spacial score (nSPS) is 21.0. The summed E-state index contributed by atoms with van der Waals surface area (Å²) in [6, 6.07) is 8.54. The van der Waals surface area contributed by atoms with Gasteiger partial charge in [0.15, 0.2) is 0 Å². The smallest absolute Gasteiger partial charge is 0.407 e. The van der Waals surface area contributed by atoms with Crippen LogP contribution in [0.5, 0.6) is 0 Å². The monoisotopic (exact) mass is 509 g/mol. The Morgan fingerprint density at radius 1 is 1.24 bits per heavy atom. The van der Waals surface area contributed by atoms with Crippen molar-refractivity contribution in [2.45, 2.75) is 33.0 Å². The number of rotatable bonds is 5. The summed E-state index contributed by atoms with van der Waals surface area (Å²) in [7, 11) is 1.30. The average Bonchev–Trinajstić information content (AvgIpc) is 2.99. The minimum absolute atomic E-state index is 0.209. The number of carboxylic acid groups (broad SMARTS) is 1. The molecule has 1 unspecified atom stereocenters. The fraction of sp³-hybridized carbons (Fsp3) is 0.458. The van der Waals surface area contributed by atoms with Crippen molar-refractivity contribution >= 4 is 41.1 Å². The minimum Gasteiger partial charge on any atom is -0.465 e. The van der Waals surface area contributed by atoms with E-state index in [9.17, 15) is 14.7 Å². The van der Waals surface area contributed by atoms with Crippen LogP contribution < -0.4 is 5.32 Å². The van der Waals surface area contributed by atoms with E-state index in [0.717, 1.165) is 5.56 Å². The lowest BCUT2D eigenvalue weighted by Gasteiger charge is -2.34. The fourth-order valence-corrected chi connectivity index (χ4v) is 4.19. The number of halogens is 2. The van der Waals surface area contributed by atoms with E-state index in [1.54, 1.807) is 30.5 Å². The summed E-state index contributed by atoms with van der Waals surface area (Å²) in [4.78, 5) is 29.9. The van der Waals surface area contributed by atoms with Crippen LogP contribution in [0.3, 0.4) is 0 Å². The van der Waals surface area contributed by atoms with Crippen LogP contribution in [0, 0.1) is 11.3 Å². The van der Waals surface area contributed by atoms with Gasteiger partial charge in [0.1, 0.15) is 11.4 Å². The van der Waals surface area contributed by atoms with Crippen molar-refractivity contribution in [3.8, 4) is 0 Å². The molecule has 2 N–H and O–H groups in total. The zero-order valence-electron chi connectivity index (χ0n) is 19.5. The van der Waals surface area contributed by atoms with Crippen molar-refractivity contribution in [3.63, 3.8) is 0 Å². The lowest BCUT2D eigenvalue weighted by molar-refractivity contribution is -0.0752. The predicted octanol–water partition coefficient (Wildman–Crippen LogP) is 5.37. The molecule has 1 saturated heterocycles. The number of hydrogen-bond acceptors (Lipinski definition) is 6. The van der Waals surface area contributed by atoms with Crippen LogP contribution in [-0.4, -0.2) is 59.9 Å². The second-order valence-corrected chi connectivity index (χ2v) is 10.1. The van der Waals surface area contributed by atoms with Crippen LogP contribution >= 0.6 is 23.2 Å². The molecule has 3 atom stereocenters. The van der Waals surface area contributed by atoms with Gasteiger partial charge in [-0.15, -0.1) is 0 Å². The predicted molar refractivity (Wildman–Crippen MR) is 131 cm³/mol. The maximum absolute atomic E-state index is 12.2. The Hall–Kier alpha value is -2.55. The number of carbonyl (C=O) groups excluding carboxylic acids is 1. The van der Waals surface area contributed by atoms with Gasteiger partial charge in [-0.25, -0.2) is 14.6 Å². The summed E-state index contributed by atoms with van der Waals surface area (Å²) < 4.78 is 11.4. The van der Waals surface area contributed by atoms with E-state index in [0.29, 0.717) is 15.9 Å². The molecular formula is C24H29Cl2N3O5. The average molecular weight is 510 g/mol. The van der Waals surface area contributed by atoms with Gasteiger partial charge in [0.2, 0.25) is 0 Å². The first-order valence-corrected chi connectivity index (χ1v) is 11.6. The molecule has 3 rings (SSSR count). The van der Waals surface area contributed by atoms with Gasteiger partial charge in [-0.3, -0.25) is 0 Å². The summed E-state index contributed by atoms with van der Waals surface area (Å²) in [5.74, 6) is -0.498. The molecule has 1 aromatic heterocycles. The molecule has 8 nitrogen and oxygen atoms in total. The van der Waals surface area contributed by atoms with Crippen LogP contribution in [-0.2, 0) is 9.47 Å². The molecule has 0 saturated carbocycles. The Labute approximate surface area is 209 Å². The zero-order valence-corrected chi connectivity index (χ0v) is 21.1. The van der Waals surface area contributed by atoms with Crippen LogP contribution in [0.4, 0.5) is 10.6 Å². The van der Waals surface area contributed by atoms with Crippen molar-refractivity contribution in [2.24, 2.45) is 11.3 Å². The maximum atomic E-state index is 12.2. The van der Waals surface area contributed by atoms with E-state index in [1.165, 1.54) is 12.0 Å². The molecule has 2 aromatic rings.